The van der Waals surface area contributed by atoms with E-state index in [1.807, 2.05) is 0 Å². The smallest absolute Gasteiger partial charge is 0.321 e. The topological polar surface area (TPSA) is 49.3 Å². The molecule has 0 aromatic carbocycles. The van der Waals surface area contributed by atoms with Crippen LogP contribution < -0.4 is 5.32 Å². The Morgan fingerprint density at radius 1 is 1.50 bits per heavy atom. The highest BCUT2D eigenvalue weighted by atomic mass is 32.2. The van der Waals surface area contributed by atoms with Crippen LogP contribution in [0.25, 0.3) is 0 Å². The summed E-state index contributed by atoms with van der Waals surface area (Å²) in [6.07, 6.45) is 7.85. The van der Waals surface area contributed by atoms with Gasteiger partial charge in [0, 0.05) is 5.75 Å². The Morgan fingerprint density at radius 3 is 2.93 bits per heavy atom. The molecule has 2 aliphatic rings. The molecule has 0 saturated carbocycles. The molecule has 4 heteroatoms. The monoisotopic (exact) mass is 213 g/mol. The van der Waals surface area contributed by atoms with Gasteiger partial charge < -0.3 is 5.11 Å². The zero-order valence-corrected chi connectivity index (χ0v) is 8.80. The van der Waals surface area contributed by atoms with Crippen LogP contribution in [0.3, 0.4) is 0 Å². The van der Waals surface area contributed by atoms with Crippen molar-refractivity contribution in [1.82, 2.24) is 5.32 Å². The van der Waals surface area contributed by atoms with Gasteiger partial charge in [-0.25, -0.2) is 0 Å². The number of allylic oxidation sites excluding steroid dienone is 2. The molecule has 0 spiro atoms. The van der Waals surface area contributed by atoms with E-state index in [4.69, 9.17) is 5.11 Å². The van der Waals surface area contributed by atoms with E-state index in [0.717, 1.165) is 12.8 Å². The summed E-state index contributed by atoms with van der Waals surface area (Å²) in [7, 11) is 0. The van der Waals surface area contributed by atoms with Gasteiger partial charge in [-0.2, -0.15) is 0 Å². The van der Waals surface area contributed by atoms with Crippen LogP contribution in [0.2, 0.25) is 0 Å². The fraction of sp³-hybridized carbons (Fsp3) is 0.700. The van der Waals surface area contributed by atoms with Crippen molar-refractivity contribution in [3.05, 3.63) is 12.2 Å². The molecule has 2 rings (SSSR count). The molecule has 1 fully saturated rings. The van der Waals surface area contributed by atoms with Gasteiger partial charge in [0.2, 0.25) is 0 Å². The molecule has 2 unspecified atom stereocenters. The highest BCUT2D eigenvalue weighted by molar-refractivity contribution is 8.00. The van der Waals surface area contributed by atoms with Gasteiger partial charge in [0.05, 0.1) is 5.37 Å². The maximum atomic E-state index is 10.7. The minimum absolute atomic E-state index is 0.337. The Hall–Kier alpha value is -0.480. The van der Waals surface area contributed by atoms with Crippen LogP contribution in [0.1, 0.15) is 19.3 Å². The van der Waals surface area contributed by atoms with Crippen LogP contribution in [0.15, 0.2) is 12.2 Å². The van der Waals surface area contributed by atoms with Gasteiger partial charge >= 0.3 is 5.97 Å². The Morgan fingerprint density at radius 2 is 2.36 bits per heavy atom. The van der Waals surface area contributed by atoms with Gasteiger partial charge in [-0.1, -0.05) is 12.2 Å². The molecule has 0 bridgehead atoms. The summed E-state index contributed by atoms with van der Waals surface area (Å²) in [6.45, 7) is 0. The Balaban J connectivity index is 1.88. The van der Waals surface area contributed by atoms with E-state index in [1.54, 1.807) is 11.8 Å². The lowest BCUT2D eigenvalue weighted by Gasteiger charge is -2.24. The zero-order chi connectivity index (χ0) is 9.97. The molecule has 3 nitrogen and oxygen atoms in total. The van der Waals surface area contributed by atoms with Crippen LogP contribution in [0.5, 0.6) is 0 Å². The van der Waals surface area contributed by atoms with Crippen molar-refractivity contribution < 1.29 is 9.90 Å². The first kappa shape index (κ1) is 10.1. The average Bonchev–Trinajstić information content (AvgIpc) is 2.68. The van der Waals surface area contributed by atoms with E-state index in [9.17, 15) is 4.79 Å². The lowest BCUT2D eigenvalue weighted by molar-refractivity contribution is -0.138. The SMILES string of the molecule is O=C(O)[C@H]1CSC(C2CC=CCC2)N1. The fourth-order valence-corrected chi connectivity index (χ4v) is 3.42. The van der Waals surface area contributed by atoms with Crippen LogP contribution >= 0.6 is 11.8 Å². The number of hydrogen-bond donors (Lipinski definition) is 2. The number of carboxylic acids is 1. The number of nitrogens with one attached hydrogen (secondary N) is 1. The largest absolute Gasteiger partial charge is 0.480 e. The second kappa shape index (κ2) is 4.36. The lowest BCUT2D eigenvalue weighted by atomic mass is 9.94. The van der Waals surface area contributed by atoms with Gasteiger partial charge in [-0.15, -0.1) is 11.8 Å². The van der Waals surface area contributed by atoms with Crippen molar-refractivity contribution in [2.24, 2.45) is 5.92 Å². The molecule has 3 atom stereocenters. The van der Waals surface area contributed by atoms with Gasteiger partial charge in [-0.3, -0.25) is 10.1 Å². The molecular formula is C10H15NO2S. The normalized spacial score (nSPS) is 37.3. The molecule has 78 valence electrons. The molecule has 1 saturated heterocycles. The van der Waals surface area contributed by atoms with Gasteiger partial charge in [-0.05, 0) is 25.2 Å². The Kier molecular flexibility index (Phi) is 3.13. The second-order valence-electron chi connectivity index (χ2n) is 3.86. The standard InChI is InChI=1S/C10H15NO2S/c12-10(13)8-6-14-9(11-8)7-4-2-1-3-5-7/h1-2,7-9,11H,3-6H2,(H,12,13)/t7?,8-,9?/m1/s1. The third kappa shape index (κ3) is 2.12. The quantitative estimate of drug-likeness (QED) is 0.682. The average molecular weight is 213 g/mol. The summed E-state index contributed by atoms with van der Waals surface area (Å²) in [6, 6.07) is -0.337. The lowest BCUT2D eigenvalue weighted by Crippen LogP contribution is -2.39. The van der Waals surface area contributed by atoms with Crippen LogP contribution in [0.4, 0.5) is 0 Å². The molecule has 1 aliphatic heterocycles. The van der Waals surface area contributed by atoms with E-state index in [-0.39, 0.29) is 6.04 Å². The number of thioether (sulfide) groups is 1. The summed E-state index contributed by atoms with van der Waals surface area (Å²) in [4.78, 5) is 10.7. The molecule has 14 heavy (non-hydrogen) atoms. The molecule has 2 N–H and O–H groups in total. The molecular weight excluding hydrogens is 198 g/mol. The predicted molar refractivity (Wildman–Crippen MR) is 57.3 cm³/mol. The first-order valence-electron chi connectivity index (χ1n) is 5.03. The maximum Gasteiger partial charge on any atom is 0.321 e. The summed E-state index contributed by atoms with van der Waals surface area (Å²) in [5.41, 5.74) is 0. The minimum Gasteiger partial charge on any atom is -0.480 e. The second-order valence-corrected chi connectivity index (χ2v) is 5.03. The van der Waals surface area contributed by atoms with E-state index < -0.39 is 5.97 Å². The first-order chi connectivity index (χ1) is 6.77. The van der Waals surface area contributed by atoms with Gasteiger partial charge in [0.1, 0.15) is 6.04 Å². The van der Waals surface area contributed by atoms with Crippen molar-refractivity contribution in [3.8, 4) is 0 Å². The maximum absolute atomic E-state index is 10.7. The highest BCUT2D eigenvalue weighted by Crippen LogP contribution is 2.32. The number of rotatable bonds is 2. The molecule has 1 aliphatic carbocycles. The fourth-order valence-electron chi connectivity index (χ4n) is 2.00. The van der Waals surface area contributed by atoms with Crippen LogP contribution in [0, 0.1) is 5.92 Å². The first-order valence-corrected chi connectivity index (χ1v) is 6.07. The minimum atomic E-state index is -0.716. The third-order valence-corrected chi connectivity index (χ3v) is 4.25. The van der Waals surface area contributed by atoms with Crippen molar-refractivity contribution >= 4 is 17.7 Å². The van der Waals surface area contributed by atoms with Gasteiger partial charge in [0.25, 0.3) is 0 Å². The Bertz CT molecular complexity index is 255. The highest BCUT2D eigenvalue weighted by Gasteiger charge is 2.33. The number of carboxylic acid groups (broad SMARTS) is 1. The summed E-state index contributed by atoms with van der Waals surface area (Å²) in [5, 5.41) is 12.4. The Labute approximate surface area is 88.0 Å². The zero-order valence-electron chi connectivity index (χ0n) is 7.98. The number of carbonyl (C=O) groups is 1. The summed E-state index contributed by atoms with van der Waals surface area (Å²) in [5.74, 6) is 0.612. The van der Waals surface area contributed by atoms with E-state index in [0.29, 0.717) is 17.0 Å². The van der Waals surface area contributed by atoms with Crippen molar-refractivity contribution in [2.45, 2.75) is 30.7 Å². The molecule has 0 radical (unpaired) electrons. The van der Waals surface area contributed by atoms with Crippen molar-refractivity contribution in [2.75, 3.05) is 5.75 Å². The van der Waals surface area contributed by atoms with E-state index in [1.165, 1.54) is 6.42 Å². The predicted octanol–water partition coefficient (Wildman–Crippen LogP) is 1.46. The van der Waals surface area contributed by atoms with Crippen molar-refractivity contribution in [3.63, 3.8) is 0 Å². The number of hydrogen-bond acceptors (Lipinski definition) is 3. The van der Waals surface area contributed by atoms with E-state index >= 15 is 0 Å². The van der Waals surface area contributed by atoms with Crippen molar-refractivity contribution in [1.29, 1.82) is 0 Å². The van der Waals surface area contributed by atoms with Crippen LogP contribution in [-0.4, -0.2) is 28.2 Å². The molecule has 0 aromatic heterocycles. The summed E-state index contributed by atoms with van der Waals surface area (Å²) >= 11 is 1.76. The molecule has 0 aromatic rings. The van der Waals surface area contributed by atoms with E-state index in [2.05, 4.69) is 17.5 Å². The molecule has 1 heterocycles. The van der Waals surface area contributed by atoms with Crippen LogP contribution in [-0.2, 0) is 4.79 Å². The third-order valence-electron chi connectivity index (χ3n) is 2.84. The van der Waals surface area contributed by atoms with Gasteiger partial charge in [0.15, 0.2) is 0 Å². The summed E-state index contributed by atoms with van der Waals surface area (Å²) < 4.78 is 0. The molecule has 0 amide bonds. The number of aliphatic carboxylic acids is 1.